The smallest absolute Gasteiger partial charge is 0.0403 e. The molecule has 2 aliphatic heterocycles. The summed E-state index contributed by atoms with van der Waals surface area (Å²) in [6, 6.07) is 17.0. The van der Waals surface area contributed by atoms with E-state index in [-0.39, 0.29) is 0 Å². The zero-order chi connectivity index (χ0) is 16.4. The van der Waals surface area contributed by atoms with Crippen LogP contribution in [0.2, 0.25) is 0 Å². The van der Waals surface area contributed by atoms with Gasteiger partial charge < -0.3 is 10.2 Å². The Morgan fingerprint density at radius 1 is 1.04 bits per heavy atom. The Bertz CT molecular complexity index is 690. The quantitative estimate of drug-likeness (QED) is 0.897. The summed E-state index contributed by atoms with van der Waals surface area (Å²) < 4.78 is 0. The van der Waals surface area contributed by atoms with Crippen LogP contribution in [0.3, 0.4) is 0 Å². The lowest BCUT2D eigenvalue weighted by atomic mass is 9.98. The number of anilines is 1. The number of nitrogens with zero attached hydrogens (tertiary/aromatic N) is 1. The normalized spacial score (nSPS) is 19.7. The maximum Gasteiger partial charge on any atom is 0.0403 e. The summed E-state index contributed by atoms with van der Waals surface area (Å²) in [4.78, 5) is 2.62. The highest BCUT2D eigenvalue weighted by Crippen LogP contribution is 2.36. The highest BCUT2D eigenvalue weighted by molar-refractivity contribution is 5.71. The predicted octanol–water partition coefficient (Wildman–Crippen LogP) is 4.42. The standard InChI is InChI=1S/C22H28N2/c1-2-3-4-17-5-7-18(8-6-17)19-9-10-22-20(15-19)16-21-11-12-23-13-14-24(21)22/h5-10,15,21,23H,2-4,11-14,16H2,1H3. The van der Waals surface area contributed by atoms with Crippen LogP contribution in [0, 0.1) is 0 Å². The summed E-state index contributed by atoms with van der Waals surface area (Å²) in [5, 5.41) is 3.52. The van der Waals surface area contributed by atoms with Crippen molar-refractivity contribution in [3.63, 3.8) is 0 Å². The largest absolute Gasteiger partial charge is 0.367 e. The van der Waals surface area contributed by atoms with Crippen LogP contribution in [-0.4, -0.2) is 25.7 Å². The van der Waals surface area contributed by atoms with E-state index in [1.165, 1.54) is 60.0 Å². The molecule has 2 nitrogen and oxygen atoms in total. The summed E-state index contributed by atoms with van der Waals surface area (Å²) >= 11 is 0. The average Bonchev–Trinajstić information content (AvgIpc) is 2.80. The lowest BCUT2D eigenvalue weighted by Gasteiger charge is -2.24. The number of nitrogens with one attached hydrogen (secondary N) is 1. The van der Waals surface area contributed by atoms with Gasteiger partial charge >= 0.3 is 0 Å². The van der Waals surface area contributed by atoms with Gasteiger partial charge in [0.15, 0.2) is 0 Å². The number of hydrogen-bond acceptors (Lipinski definition) is 2. The van der Waals surface area contributed by atoms with Crippen molar-refractivity contribution in [1.29, 1.82) is 0 Å². The molecule has 2 aliphatic rings. The number of benzene rings is 2. The highest BCUT2D eigenvalue weighted by atomic mass is 15.2. The Morgan fingerprint density at radius 3 is 2.71 bits per heavy atom. The van der Waals surface area contributed by atoms with Crippen LogP contribution in [0.25, 0.3) is 11.1 Å². The third kappa shape index (κ3) is 3.08. The van der Waals surface area contributed by atoms with E-state index in [9.17, 15) is 0 Å². The molecule has 0 bridgehead atoms. The van der Waals surface area contributed by atoms with Gasteiger partial charge in [0.05, 0.1) is 0 Å². The van der Waals surface area contributed by atoms with Gasteiger partial charge in [0, 0.05) is 24.8 Å². The van der Waals surface area contributed by atoms with E-state index in [0.717, 1.165) is 19.6 Å². The molecule has 0 amide bonds. The minimum atomic E-state index is 0.696. The van der Waals surface area contributed by atoms with Gasteiger partial charge in [0.1, 0.15) is 0 Å². The lowest BCUT2D eigenvalue weighted by molar-refractivity contribution is 0.612. The van der Waals surface area contributed by atoms with Crippen molar-refractivity contribution >= 4 is 5.69 Å². The van der Waals surface area contributed by atoms with Crippen molar-refractivity contribution in [1.82, 2.24) is 5.32 Å². The average molecular weight is 320 g/mol. The van der Waals surface area contributed by atoms with Crippen molar-refractivity contribution in [2.45, 2.75) is 45.1 Å². The van der Waals surface area contributed by atoms with Crippen LogP contribution in [0.15, 0.2) is 42.5 Å². The highest BCUT2D eigenvalue weighted by Gasteiger charge is 2.29. The molecule has 24 heavy (non-hydrogen) atoms. The Labute approximate surface area is 145 Å². The van der Waals surface area contributed by atoms with Crippen molar-refractivity contribution in [2.75, 3.05) is 24.5 Å². The summed E-state index contributed by atoms with van der Waals surface area (Å²) in [6.45, 7) is 5.66. The molecule has 0 spiro atoms. The van der Waals surface area contributed by atoms with Gasteiger partial charge in [0.2, 0.25) is 0 Å². The maximum atomic E-state index is 3.52. The van der Waals surface area contributed by atoms with Crippen LogP contribution in [0.4, 0.5) is 5.69 Å². The second-order valence-corrected chi connectivity index (χ2v) is 7.23. The van der Waals surface area contributed by atoms with Crippen LogP contribution in [-0.2, 0) is 12.8 Å². The Morgan fingerprint density at radius 2 is 1.88 bits per heavy atom. The van der Waals surface area contributed by atoms with Gasteiger partial charge in [-0.25, -0.2) is 0 Å². The molecule has 2 heterocycles. The summed E-state index contributed by atoms with van der Waals surface area (Å²) in [5.41, 5.74) is 7.18. The van der Waals surface area contributed by atoms with E-state index < -0.39 is 0 Å². The van der Waals surface area contributed by atoms with Gasteiger partial charge in [-0.05, 0) is 66.6 Å². The van der Waals surface area contributed by atoms with Crippen LogP contribution >= 0.6 is 0 Å². The van der Waals surface area contributed by atoms with Gasteiger partial charge in [-0.15, -0.1) is 0 Å². The van der Waals surface area contributed by atoms with E-state index in [4.69, 9.17) is 0 Å². The number of rotatable bonds is 4. The molecule has 1 fully saturated rings. The van der Waals surface area contributed by atoms with Crippen molar-refractivity contribution < 1.29 is 0 Å². The van der Waals surface area contributed by atoms with E-state index >= 15 is 0 Å². The summed E-state index contributed by atoms with van der Waals surface area (Å²) in [7, 11) is 0. The monoisotopic (exact) mass is 320 g/mol. The zero-order valence-corrected chi connectivity index (χ0v) is 14.7. The van der Waals surface area contributed by atoms with Crippen LogP contribution < -0.4 is 10.2 Å². The second-order valence-electron chi connectivity index (χ2n) is 7.23. The summed E-state index contributed by atoms with van der Waals surface area (Å²) in [5.74, 6) is 0. The molecule has 1 unspecified atom stereocenters. The first-order chi connectivity index (χ1) is 11.8. The molecular formula is C22H28N2. The number of fused-ring (bicyclic) bond motifs is 3. The lowest BCUT2D eigenvalue weighted by Crippen LogP contribution is -2.32. The maximum absolute atomic E-state index is 3.52. The Balaban J connectivity index is 1.56. The second kappa shape index (κ2) is 6.98. The van der Waals surface area contributed by atoms with Gasteiger partial charge in [-0.1, -0.05) is 43.7 Å². The van der Waals surface area contributed by atoms with Crippen LogP contribution in [0.5, 0.6) is 0 Å². The molecular weight excluding hydrogens is 292 g/mol. The van der Waals surface area contributed by atoms with Gasteiger partial charge in [-0.2, -0.15) is 0 Å². The Kier molecular flexibility index (Phi) is 4.57. The molecule has 126 valence electrons. The van der Waals surface area contributed by atoms with Crippen molar-refractivity contribution in [2.24, 2.45) is 0 Å². The molecule has 0 aromatic heterocycles. The topological polar surface area (TPSA) is 15.3 Å². The fourth-order valence-corrected chi connectivity index (χ4v) is 4.17. The molecule has 2 heteroatoms. The third-order valence-electron chi connectivity index (χ3n) is 5.58. The van der Waals surface area contributed by atoms with E-state index in [2.05, 4.69) is 59.6 Å². The minimum absolute atomic E-state index is 0.696. The van der Waals surface area contributed by atoms with Gasteiger partial charge in [0.25, 0.3) is 0 Å². The third-order valence-corrected chi connectivity index (χ3v) is 5.58. The molecule has 4 rings (SSSR count). The van der Waals surface area contributed by atoms with E-state index in [0.29, 0.717) is 6.04 Å². The van der Waals surface area contributed by atoms with E-state index in [1.54, 1.807) is 0 Å². The number of aryl methyl sites for hydroxylation is 1. The first-order valence-corrected chi connectivity index (χ1v) is 9.55. The molecule has 1 atom stereocenters. The number of unbranched alkanes of at least 4 members (excludes halogenated alkanes) is 1. The zero-order valence-electron chi connectivity index (χ0n) is 14.7. The van der Waals surface area contributed by atoms with Crippen molar-refractivity contribution in [3.8, 4) is 11.1 Å². The fourth-order valence-electron chi connectivity index (χ4n) is 4.17. The van der Waals surface area contributed by atoms with Gasteiger partial charge in [-0.3, -0.25) is 0 Å². The molecule has 1 N–H and O–H groups in total. The number of hydrogen-bond donors (Lipinski definition) is 1. The SMILES string of the molecule is CCCCc1ccc(-c2ccc3c(c2)CC2CCNCCN32)cc1. The minimum Gasteiger partial charge on any atom is -0.367 e. The van der Waals surface area contributed by atoms with Crippen molar-refractivity contribution in [3.05, 3.63) is 53.6 Å². The molecule has 0 saturated carbocycles. The molecule has 0 radical (unpaired) electrons. The Hall–Kier alpha value is -1.80. The van der Waals surface area contributed by atoms with E-state index in [1.807, 2.05) is 0 Å². The molecule has 2 aromatic carbocycles. The first-order valence-electron chi connectivity index (χ1n) is 9.55. The molecule has 0 aliphatic carbocycles. The predicted molar refractivity (Wildman–Crippen MR) is 103 cm³/mol. The fraction of sp³-hybridized carbons (Fsp3) is 0.455. The van der Waals surface area contributed by atoms with Crippen LogP contribution in [0.1, 0.15) is 37.3 Å². The summed E-state index contributed by atoms with van der Waals surface area (Å²) in [6.07, 6.45) is 6.21. The molecule has 1 saturated heterocycles. The molecule has 2 aromatic rings. The first kappa shape index (κ1) is 15.7.